The van der Waals surface area contributed by atoms with Gasteiger partial charge in [0.25, 0.3) is 0 Å². The zero-order valence-electron chi connectivity index (χ0n) is 12.6. The average molecular weight is 311 g/mol. The van der Waals surface area contributed by atoms with Gasteiger partial charge in [0.1, 0.15) is 11.6 Å². The van der Waals surface area contributed by atoms with Crippen molar-refractivity contribution in [1.82, 2.24) is 4.31 Å². The number of rotatable bonds is 3. The quantitative estimate of drug-likeness (QED) is 0.803. The summed E-state index contributed by atoms with van der Waals surface area (Å²) in [5.74, 6) is -0.473. The van der Waals surface area contributed by atoms with Crippen molar-refractivity contribution in [3.05, 3.63) is 30.3 Å². The van der Waals surface area contributed by atoms with Crippen LogP contribution in [0.5, 0.6) is 0 Å². The number of hydrogen-bond acceptors (Lipinski definition) is 4. The van der Waals surface area contributed by atoms with E-state index in [0.29, 0.717) is 19.4 Å². The molecule has 116 valence electrons. The second-order valence-corrected chi connectivity index (χ2v) is 8.01. The van der Waals surface area contributed by atoms with E-state index < -0.39 is 27.6 Å². The molecule has 1 aromatic rings. The summed E-state index contributed by atoms with van der Waals surface area (Å²) in [6.07, 6.45) is 1.16. The van der Waals surface area contributed by atoms with Crippen LogP contribution in [0.2, 0.25) is 0 Å². The van der Waals surface area contributed by atoms with Crippen LogP contribution >= 0.6 is 0 Å². The predicted octanol–water partition coefficient (Wildman–Crippen LogP) is 2.18. The SMILES string of the molecule is CC(C)(C)OC(=O)[C@H]1CCCN1S(=O)(=O)c1ccccc1. The van der Waals surface area contributed by atoms with Crippen LogP contribution in [-0.2, 0) is 19.6 Å². The zero-order chi connectivity index (χ0) is 15.7. The first-order valence-corrected chi connectivity index (χ1v) is 8.45. The first-order chi connectivity index (χ1) is 9.72. The highest BCUT2D eigenvalue weighted by molar-refractivity contribution is 7.89. The maximum absolute atomic E-state index is 12.6. The minimum absolute atomic E-state index is 0.209. The molecule has 1 atom stereocenters. The Hall–Kier alpha value is -1.40. The fourth-order valence-electron chi connectivity index (χ4n) is 2.36. The van der Waals surface area contributed by atoms with Gasteiger partial charge in [-0.05, 0) is 45.7 Å². The van der Waals surface area contributed by atoms with Crippen LogP contribution in [0, 0.1) is 0 Å². The lowest BCUT2D eigenvalue weighted by Gasteiger charge is -2.27. The van der Waals surface area contributed by atoms with Gasteiger partial charge in [0, 0.05) is 6.54 Å². The molecule has 6 heteroatoms. The maximum atomic E-state index is 12.6. The van der Waals surface area contributed by atoms with E-state index in [-0.39, 0.29) is 4.90 Å². The number of ether oxygens (including phenoxy) is 1. The Bertz CT molecular complexity index is 604. The van der Waals surface area contributed by atoms with Gasteiger partial charge in [-0.3, -0.25) is 4.79 Å². The van der Waals surface area contributed by atoms with Crippen LogP contribution in [0.3, 0.4) is 0 Å². The summed E-state index contributed by atoms with van der Waals surface area (Å²) in [6, 6.07) is 7.46. The minimum Gasteiger partial charge on any atom is -0.459 e. The number of sulfonamides is 1. The summed E-state index contributed by atoms with van der Waals surface area (Å²) >= 11 is 0. The van der Waals surface area contributed by atoms with Crippen molar-refractivity contribution in [2.75, 3.05) is 6.54 Å². The van der Waals surface area contributed by atoms with E-state index in [1.165, 1.54) is 4.31 Å². The summed E-state index contributed by atoms with van der Waals surface area (Å²) in [4.78, 5) is 12.4. The number of benzene rings is 1. The van der Waals surface area contributed by atoms with Gasteiger partial charge in [0.2, 0.25) is 10.0 Å². The molecule has 2 rings (SSSR count). The highest BCUT2D eigenvalue weighted by atomic mass is 32.2. The van der Waals surface area contributed by atoms with Gasteiger partial charge >= 0.3 is 5.97 Å². The molecular formula is C15H21NO4S. The zero-order valence-corrected chi connectivity index (χ0v) is 13.4. The Morgan fingerprint density at radius 3 is 2.43 bits per heavy atom. The van der Waals surface area contributed by atoms with Gasteiger partial charge in [-0.1, -0.05) is 18.2 Å². The van der Waals surface area contributed by atoms with E-state index in [4.69, 9.17) is 4.74 Å². The molecule has 0 bridgehead atoms. The molecule has 1 heterocycles. The predicted molar refractivity (Wildman–Crippen MR) is 79.2 cm³/mol. The van der Waals surface area contributed by atoms with E-state index in [0.717, 1.165) is 0 Å². The first kappa shape index (κ1) is 16.0. The molecule has 0 spiro atoms. The number of carbonyl (C=O) groups excluding carboxylic acids is 1. The molecule has 1 aliphatic heterocycles. The summed E-state index contributed by atoms with van der Waals surface area (Å²) in [7, 11) is -3.66. The van der Waals surface area contributed by atoms with Crippen LogP contribution in [0.15, 0.2) is 35.2 Å². The van der Waals surface area contributed by atoms with Crippen molar-refractivity contribution in [1.29, 1.82) is 0 Å². The van der Waals surface area contributed by atoms with Crippen molar-refractivity contribution in [3.63, 3.8) is 0 Å². The molecule has 0 amide bonds. The third-order valence-corrected chi connectivity index (χ3v) is 5.15. The largest absolute Gasteiger partial charge is 0.459 e. The fraction of sp³-hybridized carbons (Fsp3) is 0.533. The van der Waals surface area contributed by atoms with Crippen LogP contribution < -0.4 is 0 Å². The van der Waals surface area contributed by atoms with Crippen molar-refractivity contribution in [2.24, 2.45) is 0 Å². The highest BCUT2D eigenvalue weighted by Gasteiger charge is 2.41. The first-order valence-electron chi connectivity index (χ1n) is 7.01. The number of carbonyl (C=O) groups is 1. The Morgan fingerprint density at radius 1 is 1.24 bits per heavy atom. The van der Waals surface area contributed by atoms with Crippen LogP contribution in [0.1, 0.15) is 33.6 Å². The monoisotopic (exact) mass is 311 g/mol. The molecule has 1 saturated heterocycles. The molecule has 0 aliphatic carbocycles. The van der Waals surface area contributed by atoms with Crippen molar-refractivity contribution < 1.29 is 17.9 Å². The fourth-order valence-corrected chi connectivity index (χ4v) is 4.03. The number of hydrogen-bond donors (Lipinski definition) is 0. The van der Waals surface area contributed by atoms with Crippen LogP contribution in [-0.4, -0.2) is 36.9 Å². The van der Waals surface area contributed by atoms with Crippen molar-refractivity contribution in [3.8, 4) is 0 Å². The number of nitrogens with zero attached hydrogens (tertiary/aromatic N) is 1. The second-order valence-electron chi connectivity index (χ2n) is 6.12. The average Bonchev–Trinajstić information content (AvgIpc) is 2.88. The van der Waals surface area contributed by atoms with E-state index in [1.54, 1.807) is 51.1 Å². The normalized spacial score (nSPS) is 20.4. The van der Waals surface area contributed by atoms with Crippen LogP contribution in [0.4, 0.5) is 0 Å². The molecule has 21 heavy (non-hydrogen) atoms. The van der Waals surface area contributed by atoms with Gasteiger partial charge in [0.05, 0.1) is 4.90 Å². The molecule has 1 fully saturated rings. The van der Waals surface area contributed by atoms with E-state index >= 15 is 0 Å². The minimum atomic E-state index is -3.66. The molecule has 0 saturated carbocycles. The smallest absolute Gasteiger partial charge is 0.324 e. The lowest BCUT2D eigenvalue weighted by molar-refractivity contribution is -0.158. The lowest BCUT2D eigenvalue weighted by Crippen LogP contribution is -2.43. The lowest BCUT2D eigenvalue weighted by atomic mass is 10.2. The third kappa shape index (κ3) is 3.63. The van der Waals surface area contributed by atoms with E-state index in [1.807, 2.05) is 0 Å². The Labute approximate surface area is 126 Å². The third-order valence-electron chi connectivity index (χ3n) is 3.23. The van der Waals surface area contributed by atoms with Gasteiger partial charge < -0.3 is 4.74 Å². The van der Waals surface area contributed by atoms with Gasteiger partial charge in [-0.25, -0.2) is 8.42 Å². The second kappa shape index (κ2) is 5.77. The summed E-state index contributed by atoms with van der Waals surface area (Å²) in [6.45, 7) is 5.67. The van der Waals surface area contributed by atoms with Crippen molar-refractivity contribution in [2.45, 2.75) is 50.2 Å². The molecule has 5 nitrogen and oxygen atoms in total. The Balaban J connectivity index is 2.25. The van der Waals surface area contributed by atoms with Crippen molar-refractivity contribution >= 4 is 16.0 Å². The summed E-state index contributed by atoms with van der Waals surface area (Å²) in [5.41, 5.74) is -0.623. The summed E-state index contributed by atoms with van der Waals surface area (Å²) < 4.78 is 31.9. The molecule has 0 radical (unpaired) electrons. The standard InChI is InChI=1S/C15H21NO4S/c1-15(2,3)20-14(17)13-10-7-11-16(13)21(18,19)12-8-5-4-6-9-12/h4-6,8-9,13H,7,10-11H2,1-3H3/t13-/m1/s1. The topological polar surface area (TPSA) is 63.7 Å². The van der Waals surface area contributed by atoms with E-state index in [2.05, 4.69) is 0 Å². The number of esters is 1. The Morgan fingerprint density at radius 2 is 1.86 bits per heavy atom. The van der Waals surface area contributed by atoms with E-state index in [9.17, 15) is 13.2 Å². The molecular weight excluding hydrogens is 290 g/mol. The molecule has 0 unspecified atom stereocenters. The molecule has 1 aromatic carbocycles. The van der Waals surface area contributed by atoms with Gasteiger partial charge in [-0.2, -0.15) is 4.31 Å². The van der Waals surface area contributed by atoms with Crippen LogP contribution in [0.25, 0.3) is 0 Å². The molecule has 1 aliphatic rings. The van der Waals surface area contributed by atoms with Gasteiger partial charge in [0.15, 0.2) is 0 Å². The maximum Gasteiger partial charge on any atom is 0.324 e. The highest BCUT2D eigenvalue weighted by Crippen LogP contribution is 2.27. The van der Waals surface area contributed by atoms with Gasteiger partial charge in [-0.15, -0.1) is 0 Å². The summed E-state index contributed by atoms with van der Waals surface area (Å²) in [5, 5.41) is 0. The molecule has 0 aromatic heterocycles. The Kier molecular flexibility index (Phi) is 4.39. The molecule has 0 N–H and O–H groups in total.